The van der Waals surface area contributed by atoms with E-state index in [1.54, 1.807) is 6.92 Å². The second kappa shape index (κ2) is 5.49. The number of hydrogen-bond acceptors (Lipinski definition) is 4. The van der Waals surface area contributed by atoms with E-state index in [0.717, 1.165) is 0 Å². The summed E-state index contributed by atoms with van der Waals surface area (Å²) in [6.45, 7) is 3.17. The van der Waals surface area contributed by atoms with E-state index >= 15 is 0 Å². The molecule has 1 saturated heterocycles. The molecule has 0 unspecified atom stereocenters. The van der Waals surface area contributed by atoms with Crippen molar-refractivity contribution < 1.29 is 18.5 Å². The van der Waals surface area contributed by atoms with Crippen LogP contribution in [0.3, 0.4) is 0 Å². The third-order valence-corrected chi connectivity index (χ3v) is 3.21. The SMILES string of the molecule is C[C@H]1CNCCN1C(=O)c1cc(F)cc([N+](=O)[O-])c1F. The van der Waals surface area contributed by atoms with Crippen molar-refractivity contribution in [3.05, 3.63) is 39.4 Å². The minimum absolute atomic E-state index is 0.196. The summed E-state index contributed by atoms with van der Waals surface area (Å²) >= 11 is 0. The molecule has 1 amide bonds. The molecule has 1 N–H and O–H groups in total. The molecular weight excluding hydrogens is 272 g/mol. The Balaban J connectivity index is 2.41. The van der Waals surface area contributed by atoms with E-state index < -0.39 is 33.7 Å². The first-order valence-corrected chi connectivity index (χ1v) is 6.07. The second-order valence-electron chi connectivity index (χ2n) is 4.60. The molecule has 0 radical (unpaired) electrons. The fraction of sp³-hybridized carbons (Fsp3) is 0.417. The van der Waals surface area contributed by atoms with Gasteiger partial charge in [-0.25, -0.2) is 4.39 Å². The fourth-order valence-electron chi connectivity index (χ4n) is 2.16. The smallest absolute Gasteiger partial charge is 0.308 e. The first kappa shape index (κ1) is 14.3. The number of rotatable bonds is 2. The summed E-state index contributed by atoms with van der Waals surface area (Å²) in [6, 6.07) is 0.963. The monoisotopic (exact) mass is 285 g/mol. The van der Waals surface area contributed by atoms with Gasteiger partial charge in [-0.1, -0.05) is 0 Å². The summed E-state index contributed by atoms with van der Waals surface area (Å²) in [5, 5.41) is 13.7. The lowest BCUT2D eigenvalue weighted by Gasteiger charge is -2.34. The van der Waals surface area contributed by atoms with Crippen molar-refractivity contribution in [3.63, 3.8) is 0 Å². The van der Waals surface area contributed by atoms with Crippen LogP contribution in [-0.4, -0.2) is 41.4 Å². The Hall–Kier alpha value is -2.09. The largest absolute Gasteiger partial charge is 0.333 e. The van der Waals surface area contributed by atoms with Crippen LogP contribution in [0.25, 0.3) is 0 Å². The maximum Gasteiger partial charge on any atom is 0.308 e. The van der Waals surface area contributed by atoms with Crippen LogP contribution in [0.1, 0.15) is 17.3 Å². The molecule has 6 nitrogen and oxygen atoms in total. The Morgan fingerprint density at radius 1 is 1.50 bits per heavy atom. The van der Waals surface area contributed by atoms with Crippen molar-refractivity contribution in [1.82, 2.24) is 10.2 Å². The third kappa shape index (κ3) is 2.60. The van der Waals surface area contributed by atoms with Gasteiger partial charge in [0.05, 0.1) is 16.6 Å². The minimum atomic E-state index is -1.30. The highest BCUT2D eigenvalue weighted by Gasteiger charge is 2.30. The molecule has 8 heteroatoms. The average molecular weight is 285 g/mol. The van der Waals surface area contributed by atoms with Crippen LogP contribution in [0.5, 0.6) is 0 Å². The summed E-state index contributed by atoms with van der Waals surface area (Å²) < 4.78 is 27.3. The third-order valence-electron chi connectivity index (χ3n) is 3.21. The number of nitrogens with one attached hydrogen (secondary N) is 1. The van der Waals surface area contributed by atoms with Gasteiger partial charge in [0.1, 0.15) is 5.82 Å². The number of carbonyl (C=O) groups is 1. The van der Waals surface area contributed by atoms with Crippen molar-refractivity contribution in [3.8, 4) is 0 Å². The molecule has 1 heterocycles. The minimum Gasteiger partial charge on any atom is -0.333 e. The second-order valence-corrected chi connectivity index (χ2v) is 4.60. The lowest BCUT2D eigenvalue weighted by Crippen LogP contribution is -2.52. The lowest BCUT2D eigenvalue weighted by molar-refractivity contribution is -0.387. The molecule has 1 fully saturated rings. The van der Waals surface area contributed by atoms with E-state index in [1.807, 2.05) is 0 Å². The number of halogens is 2. The summed E-state index contributed by atoms with van der Waals surface area (Å²) in [7, 11) is 0. The van der Waals surface area contributed by atoms with Crippen LogP contribution in [0.4, 0.5) is 14.5 Å². The van der Waals surface area contributed by atoms with Crippen molar-refractivity contribution in [2.45, 2.75) is 13.0 Å². The number of carbonyl (C=O) groups excluding carboxylic acids is 1. The Labute approximate surface area is 113 Å². The Morgan fingerprint density at radius 2 is 2.20 bits per heavy atom. The summed E-state index contributed by atoms with van der Waals surface area (Å²) in [5.41, 5.74) is -1.64. The fourth-order valence-corrected chi connectivity index (χ4v) is 2.16. The number of benzene rings is 1. The molecule has 1 aliphatic heterocycles. The summed E-state index contributed by atoms with van der Waals surface area (Å²) in [4.78, 5) is 23.2. The van der Waals surface area contributed by atoms with E-state index in [-0.39, 0.29) is 6.04 Å². The number of nitro benzene ring substituents is 1. The molecule has 0 aliphatic carbocycles. The van der Waals surface area contributed by atoms with Crippen LogP contribution in [-0.2, 0) is 0 Å². The zero-order chi connectivity index (χ0) is 14.9. The summed E-state index contributed by atoms with van der Waals surface area (Å²) in [5.74, 6) is -3.05. The number of amides is 1. The molecule has 1 atom stereocenters. The van der Waals surface area contributed by atoms with Crippen LogP contribution in [0.15, 0.2) is 12.1 Å². The van der Waals surface area contributed by atoms with Crippen molar-refractivity contribution in [2.75, 3.05) is 19.6 Å². The Bertz CT molecular complexity index is 565. The standard InChI is InChI=1S/C12H13F2N3O3/c1-7-6-15-2-3-16(7)12(18)9-4-8(13)5-10(11(9)14)17(19)20/h4-5,7,15H,2-3,6H2,1H3/t7-/m0/s1. The van der Waals surface area contributed by atoms with Gasteiger partial charge >= 0.3 is 5.69 Å². The number of nitro groups is 1. The molecule has 0 aromatic heterocycles. The van der Waals surface area contributed by atoms with Crippen LogP contribution in [0, 0.1) is 21.7 Å². The van der Waals surface area contributed by atoms with Gasteiger partial charge in [-0.15, -0.1) is 0 Å². The van der Waals surface area contributed by atoms with Gasteiger partial charge in [0.2, 0.25) is 5.82 Å². The van der Waals surface area contributed by atoms with Gasteiger partial charge in [0.25, 0.3) is 5.91 Å². The van der Waals surface area contributed by atoms with Crippen molar-refractivity contribution in [2.24, 2.45) is 0 Å². The van der Waals surface area contributed by atoms with E-state index in [1.165, 1.54) is 4.90 Å². The molecule has 1 aromatic carbocycles. The highest BCUT2D eigenvalue weighted by atomic mass is 19.1. The first-order chi connectivity index (χ1) is 9.41. The molecule has 1 aliphatic rings. The van der Waals surface area contributed by atoms with Gasteiger partial charge in [0.15, 0.2) is 0 Å². The average Bonchev–Trinajstić information content (AvgIpc) is 2.40. The normalized spacial score (nSPS) is 18.9. The topological polar surface area (TPSA) is 75.5 Å². The molecule has 0 bridgehead atoms. The highest BCUT2D eigenvalue weighted by Crippen LogP contribution is 2.24. The predicted octanol–water partition coefficient (Wildman–Crippen LogP) is 1.31. The van der Waals surface area contributed by atoms with Crippen LogP contribution in [0.2, 0.25) is 0 Å². The summed E-state index contributed by atoms with van der Waals surface area (Å²) in [6.07, 6.45) is 0. The van der Waals surface area contributed by atoms with Gasteiger partial charge in [0, 0.05) is 25.7 Å². The number of nitrogens with zero attached hydrogens (tertiary/aromatic N) is 2. The molecule has 1 aromatic rings. The quantitative estimate of drug-likeness (QED) is 0.656. The van der Waals surface area contributed by atoms with Crippen LogP contribution >= 0.6 is 0 Å². The Morgan fingerprint density at radius 3 is 2.80 bits per heavy atom. The van der Waals surface area contributed by atoms with Gasteiger partial charge in [-0.05, 0) is 13.0 Å². The molecular formula is C12H13F2N3O3. The highest BCUT2D eigenvalue weighted by molar-refractivity contribution is 5.95. The lowest BCUT2D eigenvalue weighted by atomic mass is 10.1. The molecule has 0 saturated carbocycles. The van der Waals surface area contributed by atoms with Crippen molar-refractivity contribution in [1.29, 1.82) is 0 Å². The Kier molecular flexibility index (Phi) is 3.93. The molecule has 108 valence electrons. The van der Waals surface area contributed by atoms with Gasteiger partial charge in [-0.2, -0.15) is 4.39 Å². The van der Waals surface area contributed by atoms with E-state index in [2.05, 4.69) is 5.32 Å². The number of hydrogen-bond donors (Lipinski definition) is 1. The maximum absolute atomic E-state index is 14.0. The van der Waals surface area contributed by atoms with Gasteiger partial charge in [-0.3, -0.25) is 14.9 Å². The van der Waals surface area contributed by atoms with Crippen LogP contribution < -0.4 is 5.32 Å². The molecule has 0 spiro atoms. The zero-order valence-corrected chi connectivity index (χ0v) is 10.7. The van der Waals surface area contributed by atoms with E-state index in [0.29, 0.717) is 31.8 Å². The van der Waals surface area contributed by atoms with E-state index in [9.17, 15) is 23.7 Å². The first-order valence-electron chi connectivity index (χ1n) is 6.07. The van der Waals surface area contributed by atoms with Crippen molar-refractivity contribution >= 4 is 11.6 Å². The molecule has 2 rings (SSSR count). The maximum atomic E-state index is 14.0. The van der Waals surface area contributed by atoms with E-state index in [4.69, 9.17) is 0 Å². The predicted molar refractivity (Wildman–Crippen MR) is 66.4 cm³/mol. The number of piperazine rings is 1. The molecule has 20 heavy (non-hydrogen) atoms. The zero-order valence-electron chi connectivity index (χ0n) is 10.7. The van der Waals surface area contributed by atoms with Gasteiger partial charge < -0.3 is 10.2 Å².